The average Bonchev–Trinajstić information content (AvgIpc) is 3.36. The summed E-state index contributed by atoms with van der Waals surface area (Å²) in [7, 11) is 4.68. The summed E-state index contributed by atoms with van der Waals surface area (Å²) in [6.07, 6.45) is 4.57. The van der Waals surface area contributed by atoms with Crippen LogP contribution in [0.5, 0.6) is 11.5 Å². The number of H-pyrrole nitrogens is 1. The molecule has 168 valence electrons. The van der Waals surface area contributed by atoms with E-state index in [1.54, 1.807) is 17.9 Å². The first kappa shape index (κ1) is 21.9. The highest BCUT2D eigenvalue weighted by atomic mass is 35.5. The number of methoxy groups -OCH3 is 2. The molecule has 0 saturated heterocycles. The Labute approximate surface area is 189 Å². The fourth-order valence-corrected chi connectivity index (χ4v) is 4.57. The molecule has 32 heavy (non-hydrogen) atoms. The van der Waals surface area contributed by atoms with Crippen LogP contribution in [-0.4, -0.2) is 40.1 Å². The van der Waals surface area contributed by atoms with Crippen LogP contribution in [0.2, 0.25) is 5.02 Å². The number of ether oxygens (including phenoxy) is 2. The number of hydrogen-bond donors (Lipinski definition) is 2. The fraction of sp³-hybridized carbons (Fsp3) is 0.318. The van der Waals surface area contributed by atoms with E-state index >= 15 is 4.39 Å². The first-order valence-electron chi connectivity index (χ1n) is 10.0. The number of carbonyl (C=O) groups is 1. The number of benzene rings is 1. The van der Waals surface area contributed by atoms with Crippen LogP contribution >= 0.6 is 11.6 Å². The number of carbonyl (C=O) groups excluding carboxylic acids is 1. The van der Waals surface area contributed by atoms with Gasteiger partial charge in [0.15, 0.2) is 11.6 Å². The first-order chi connectivity index (χ1) is 15.4. The van der Waals surface area contributed by atoms with Gasteiger partial charge >= 0.3 is 0 Å². The molecule has 10 heteroatoms. The normalized spacial score (nSPS) is 15.2. The molecule has 2 heterocycles. The Hall–Kier alpha value is -3.33. The standard InChI is InChI=1S/C22H23ClFN5O3/c1-5-17(30)26-14-10-25-29(2)22(14)21-12-7-6-11(8-13(12)27-28-21)18-19(23)15(31-3)9-16(32-4)20(18)24/h5,9-11H,1,6-8H2,2-4H3,(H,26,30)(H,27,28)/t11-/m1/s1. The maximum absolute atomic E-state index is 15.1. The van der Waals surface area contributed by atoms with Crippen LogP contribution in [-0.2, 0) is 24.7 Å². The van der Waals surface area contributed by atoms with Gasteiger partial charge < -0.3 is 14.8 Å². The number of halogens is 2. The highest BCUT2D eigenvalue weighted by Gasteiger charge is 2.32. The molecule has 1 amide bonds. The lowest BCUT2D eigenvalue weighted by Gasteiger charge is -2.25. The quantitative estimate of drug-likeness (QED) is 0.543. The largest absolute Gasteiger partial charge is 0.495 e. The number of amides is 1. The molecule has 1 aliphatic rings. The molecule has 0 radical (unpaired) electrons. The number of aromatic nitrogens is 4. The molecular formula is C22H23ClFN5O3. The fourth-order valence-electron chi connectivity index (χ4n) is 4.21. The molecule has 4 rings (SSSR count). The maximum Gasteiger partial charge on any atom is 0.247 e. The second-order valence-corrected chi connectivity index (χ2v) is 7.89. The molecule has 2 aromatic heterocycles. The SMILES string of the molecule is C=CC(=O)Nc1cnn(C)c1-c1n[nH]c2c1CC[C@@H](c1c(F)c(OC)cc(OC)c1Cl)C2. The summed E-state index contributed by atoms with van der Waals surface area (Å²) < 4.78 is 27.3. The van der Waals surface area contributed by atoms with Gasteiger partial charge in [0.25, 0.3) is 0 Å². The van der Waals surface area contributed by atoms with Gasteiger partial charge in [-0.2, -0.15) is 10.2 Å². The van der Waals surface area contributed by atoms with Crippen molar-refractivity contribution in [1.29, 1.82) is 0 Å². The molecule has 1 aliphatic carbocycles. The Morgan fingerprint density at radius 2 is 2.16 bits per heavy atom. The van der Waals surface area contributed by atoms with Gasteiger partial charge in [0, 0.05) is 29.9 Å². The molecule has 0 bridgehead atoms. The van der Waals surface area contributed by atoms with Crippen LogP contribution in [0.25, 0.3) is 11.4 Å². The lowest BCUT2D eigenvalue weighted by atomic mass is 9.81. The van der Waals surface area contributed by atoms with Gasteiger partial charge in [0.2, 0.25) is 5.91 Å². The molecule has 8 nitrogen and oxygen atoms in total. The third-order valence-corrected chi connectivity index (χ3v) is 6.16. The summed E-state index contributed by atoms with van der Waals surface area (Å²) in [6.45, 7) is 3.48. The predicted octanol–water partition coefficient (Wildman–Crippen LogP) is 4.02. The van der Waals surface area contributed by atoms with Gasteiger partial charge in [0.05, 0.1) is 31.1 Å². The molecule has 0 aliphatic heterocycles. The Morgan fingerprint density at radius 3 is 2.84 bits per heavy atom. The van der Waals surface area contributed by atoms with E-state index in [4.69, 9.17) is 21.1 Å². The lowest BCUT2D eigenvalue weighted by molar-refractivity contribution is -0.111. The zero-order chi connectivity index (χ0) is 23.0. The predicted molar refractivity (Wildman–Crippen MR) is 119 cm³/mol. The molecule has 0 saturated carbocycles. The van der Waals surface area contributed by atoms with Gasteiger partial charge in [-0.05, 0) is 31.3 Å². The molecule has 0 fully saturated rings. The number of nitrogens with one attached hydrogen (secondary N) is 2. The van der Waals surface area contributed by atoms with E-state index < -0.39 is 5.82 Å². The molecule has 0 spiro atoms. The van der Waals surface area contributed by atoms with Gasteiger partial charge in [-0.25, -0.2) is 4.39 Å². The van der Waals surface area contributed by atoms with Crippen LogP contribution in [0.3, 0.4) is 0 Å². The summed E-state index contributed by atoms with van der Waals surface area (Å²) in [6, 6.07) is 1.45. The van der Waals surface area contributed by atoms with Gasteiger partial charge in [-0.15, -0.1) is 0 Å². The second kappa shape index (κ2) is 8.66. The summed E-state index contributed by atoms with van der Waals surface area (Å²) in [5.74, 6) is -0.532. The number of nitrogens with zero attached hydrogens (tertiary/aromatic N) is 3. The Bertz CT molecular complexity index is 1170. The Morgan fingerprint density at radius 1 is 1.41 bits per heavy atom. The van der Waals surface area contributed by atoms with Crippen molar-refractivity contribution in [2.45, 2.75) is 25.2 Å². The van der Waals surface area contributed by atoms with Crippen LogP contribution in [0, 0.1) is 5.82 Å². The van der Waals surface area contributed by atoms with E-state index in [2.05, 4.69) is 27.2 Å². The highest BCUT2D eigenvalue weighted by molar-refractivity contribution is 6.33. The Kier molecular flexibility index (Phi) is 5.92. The molecule has 2 N–H and O–H groups in total. The van der Waals surface area contributed by atoms with Gasteiger partial charge in [-0.1, -0.05) is 18.2 Å². The molecule has 1 aromatic carbocycles. The van der Waals surface area contributed by atoms with Crippen LogP contribution < -0.4 is 14.8 Å². The Balaban J connectivity index is 1.71. The summed E-state index contributed by atoms with van der Waals surface area (Å²) in [4.78, 5) is 11.8. The van der Waals surface area contributed by atoms with Crippen molar-refractivity contribution < 1.29 is 18.7 Å². The van der Waals surface area contributed by atoms with Crippen LogP contribution in [0.15, 0.2) is 24.9 Å². The van der Waals surface area contributed by atoms with Crippen LogP contribution in [0.1, 0.15) is 29.2 Å². The van der Waals surface area contributed by atoms with Crippen molar-refractivity contribution in [3.63, 3.8) is 0 Å². The number of aromatic amines is 1. The molecule has 1 atom stereocenters. The van der Waals surface area contributed by atoms with Crippen molar-refractivity contribution in [1.82, 2.24) is 20.0 Å². The zero-order valence-electron chi connectivity index (χ0n) is 18.0. The average molecular weight is 460 g/mol. The number of aryl methyl sites for hydroxylation is 1. The van der Waals surface area contributed by atoms with Crippen molar-refractivity contribution in [3.8, 4) is 22.9 Å². The smallest absolute Gasteiger partial charge is 0.247 e. The summed E-state index contributed by atoms with van der Waals surface area (Å²) >= 11 is 6.49. The van der Waals surface area contributed by atoms with Gasteiger partial charge in [-0.3, -0.25) is 14.6 Å². The number of fused-ring (bicyclic) bond motifs is 1. The number of rotatable bonds is 6. The zero-order valence-corrected chi connectivity index (χ0v) is 18.7. The number of hydrogen-bond acceptors (Lipinski definition) is 5. The van der Waals surface area contributed by atoms with E-state index in [0.717, 1.165) is 11.3 Å². The molecule has 0 unspecified atom stereocenters. The minimum atomic E-state index is -0.479. The molecular weight excluding hydrogens is 437 g/mol. The second-order valence-electron chi connectivity index (χ2n) is 7.52. The van der Waals surface area contributed by atoms with Crippen molar-refractivity contribution in [2.75, 3.05) is 19.5 Å². The van der Waals surface area contributed by atoms with Crippen molar-refractivity contribution in [2.24, 2.45) is 7.05 Å². The minimum Gasteiger partial charge on any atom is -0.495 e. The maximum atomic E-state index is 15.1. The third kappa shape index (κ3) is 3.62. The third-order valence-electron chi connectivity index (χ3n) is 5.77. The monoisotopic (exact) mass is 459 g/mol. The lowest BCUT2D eigenvalue weighted by Crippen LogP contribution is -2.15. The summed E-state index contributed by atoms with van der Waals surface area (Å²) in [5, 5.41) is 14.8. The minimum absolute atomic E-state index is 0.0924. The number of anilines is 1. The van der Waals surface area contributed by atoms with E-state index in [9.17, 15) is 4.79 Å². The van der Waals surface area contributed by atoms with Crippen molar-refractivity contribution >= 4 is 23.2 Å². The van der Waals surface area contributed by atoms with E-state index in [0.29, 0.717) is 47.7 Å². The van der Waals surface area contributed by atoms with E-state index in [-0.39, 0.29) is 22.6 Å². The summed E-state index contributed by atoms with van der Waals surface area (Å²) in [5.41, 5.74) is 4.20. The first-order valence-corrected chi connectivity index (χ1v) is 10.4. The molecule has 3 aromatic rings. The topological polar surface area (TPSA) is 94.1 Å². The van der Waals surface area contributed by atoms with Crippen molar-refractivity contribution in [3.05, 3.63) is 52.6 Å². The van der Waals surface area contributed by atoms with Crippen LogP contribution in [0.4, 0.5) is 10.1 Å². The van der Waals surface area contributed by atoms with E-state index in [1.165, 1.54) is 26.4 Å². The highest BCUT2D eigenvalue weighted by Crippen LogP contribution is 2.45. The van der Waals surface area contributed by atoms with Gasteiger partial charge in [0.1, 0.15) is 17.1 Å². The van der Waals surface area contributed by atoms with E-state index in [1.807, 2.05) is 0 Å².